The molecule has 0 spiro atoms. The number of nitro groups is 1. The van der Waals surface area contributed by atoms with Crippen molar-refractivity contribution in [3.8, 4) is 0 Å². The molecular formula is C10H13FN2O5S. The van der Waals surface area contributed by atoms with Crippen molar-refractivity contribution in [3.05, 3.63) is 34.1 Å². The fraction of sp³-hybridized carbons (Fsp3) is 0.400. The molecule has 0 amide bonds. The first-order chi connectivity index (χ1) is 8.90. The van der Waals surface area contributed by atoms with E-state index in [9.17, 15) is 22.9 Å². The first kappa shape index (κ1) is 15.5. The fourth-order valence-corrected chi connectivity index (χ4v) is 2.64. The van der Waals surface area contributed by atoms with Crippen LogP contribution in [0.1, 0.15) is 6.42 Å². The van der Waals surface area contributed by atoms with Crippen LogP contribution in [0.5, 0.6) is 0 Å². The van der Waals surface area contributed by atoms with Crippen molar-refractivity contribution in [2.45, 2.75) is 11.3 Å². The van der Waals surface area contributed by atoms with Gasteiger partial charge >= 0.3 is 5.69 Å². The Labute approximate surface area is 109 Å². The Morgan fingerprint density at radius 1 is 1.47 bits per heavy atom. The smallest absolute Gasteiger partial charge is 0.324 e. The van der Waals surface area contributed by atoms with Gasteiger partial charge in [-0.2, -0.15) is 4.39 Å². The summed E-state index contributed by atoms with van der Waals surface area (Å²) in [5.41, 5.74) is -1.05. The Balaban J connectivity index is 3.01. The van der Waals surface area contributed by atoms with Gasteiger partial charge in [-0.05, 0) is 18.6 Å². The minimum absolute atomic E-state index is 0.0455. The van der Waals surface area contributed by atoms with Crippen molar-refractivity contribution in [1.29, 1.82) is 0 Å². The predicted octanol–water partition coefficient (Wildman–Crippen LogP) is 1.05. The Kier molecular flexibility index (Phi) is 5.33. The quantitative estimate of drug-likeness (QED) is 0.460. The second kappa shape index (κ2) is 6.55. The second-order valence-electron chi connectivity index (χ2n) is 3.59. The highest BCUT2D eigenvalue weighted by Gasteiger charge is 2.28. The summed E-state index contributed by atoms with van der Waals surface area (Å²) in [6.07, 6.45) is 0.402. The van der Waals surface area contributed by atoms with E-state index in [0.717, 1.165) is 18.2 Å². The van der Waals surface area contributed by atoms with Crippen LogP contribution in [0.2, 0.25) is 0 Å². The number of sulfonamides is 1. The lowest BCUT2D eigenvalue weighted by molar-refractivity contribution is -0.390. The van der Waals surface area contributed by atoms with Gasteiger partial charge in [0.2, 0.25) is 15.8 Å². The third kappa shape index (κ3) is 3.94. The van der Waals surface area contributed by atoms with Gasteiger partial charge in [0.15, 0.2) is 4.90 Å². The van der Waals surface area contributed by atoms with Crippen molar-refractivity contribution in [3.63, 3.8) is 0 Å². The fourth-order valence-electron chi connectivity index (χ4n) is 1.39. The van der Waals surface area contributed by atoms with E-state index < -0.39 is 31.3 Å². The van der Waals surface area contributed by atoms with Gasteiger partial charge in [0.25, 0.3) is 0 Å². The monoisotopic (exact) mass is 292 g/mol. The molecule has 7 nitrogen and oxygen atoms in total. The summed E-state index contributed by atoms with van der Waals surface area (Å²) in [5, 5.41) is 10.7. The maximum atomic E-state index is 13.3. The molecule has 0 atom stereocenters. The van der Waals surface area contributed by atoms with Gasteiger partial charge in [-0.15, -0.1) is 0 Å². The minimum atomic E-state index is -4.13. The number of rotatable bonds is 7. The number of hydrogen-bond acceptors (Lipinski definition) is 5. The zero-order chi connectivity index (χ0) is 14.5. The predicted molar refractivity (Wildman–Crippen MR) is 64.7 cm³/mol. The van der Waals surface area contributed by atoms with Gasteiger partial charge in [-0.3, -0.25) is 10.1 Å². The number of methoxy groups -OCH3 is 1. The Bertz CT molecular complexity index is 561. The lowest BCUT2D eigenvalue weighted by atomic mass is 10.3. The Morgan fingerprint density at radius 2 is 2.16 bits per heavy atom. The molecule has 19 heavy (non-hydrogen) atoms. The normalized spacial score (nSPS) is 11.5. The zero-order valence-electron chi connectivity index (χ0n) is 10.1. The van der Waals surface area contributed by atoms with E-state index in [1.807, 2.05) is 0 Å². The van der Waals surface area contributed by atoms with Crippen LogP contribution in [0.15, 0.2) is 23.1 Å². The van der Waals surface area contributed by atoms with E-state index in [4.69, 9.17) is 4.74 Å². The molecule has 0 aliphatic rings. The third-order valence-electron chi connectivity index (χ3n) is 2.24. The summed E-state index contributed by atoms with van der Waals surface area (Å²) in [6.45, 7) is 0.387. The molecule has 0 heterocycles. The van der Waals surface area contributed by atoms with E-state index in [2.05, 4.69) is 4.72 Å². The number of nitro benzene ring substituents is 1. The van der Waals surface area contributed by atoms with E-state index in [1.54, 1.807) is 0 Å². The van der Waals surface area contributed by atoms with Gasteiger partial charge in [-0.1, -0.05) is 6.07 Å². The summed E-state index contributed by atoms with van der Waals surface area (Å²) in [4.78, 5) is 8.98. The van der Waals surface area contributed by atoms with E-state index in [1.165, 1.54) is 7.11 Å². The molecule has 0 unspecified atom stereocenters. The lowest BCUT2D eigenvalue weighted by Crippen LogP contribution is -2.26. The highest BCUT2D eigenvalue weighted by atomic mass is 32.2. The molecule has 0 aliphatic heterocycles. The summed E-state index contributed by atoms with van der Waals surface area (Å²) in [5.74, 6) is -1.19. The van der Waals surface area contributed by atoms with Crippen molar-refractivity contribution in [1.82, 2.24) is 4.72 Å². The van der Waals surface area contributed by atoms with Crippen molar-refractivity contribution >= 4 is 15.7 Å². The average Bonchev–Trinajstić information content (AvgIpc) is 2.34. The maximum Gasteiger partial charge on any atom is 0.324 e. The van der Waals surface area contributed by atoms with Crippen molar-refractivity contribution in [2.24, 2.45) is 0 Å². The summed E-state index contributed by atoms with van der Waals surface area (Å²) < 4.78 is 43.9. The Morgan fingerprint density at radius 3 is 2.74 bits per heavy atom. The summed E-state index contributed by atoms with van der Waals surface area (Å²) >= 11 is 0. The van der Waals surface area contributed by atoms with Gasteiger partial charge in [0, 0.05) is 20.3 Å². The van der Waals surface area contributed by atoms with E-state index >= 15 is 0 Å². The molecule has 1 aromatic carbocycles. The van der Waals surface area contributed by atoms with Crippen LogP contribution < -0.4 is 4.72 Å². The average molecular weight is 292 g/mol. The first-order valence-corrected chi connectivity index (χ1v) is 6.80. The van der Waals surface area contributed by atoms with Crippen LogP contribution in [0.4, 0.5) is 10.1 Å². The number of para-hydroxylation sites is 1. The molecule has 0 aromatic heterocycles. The number of hydrogen-bond donors (Lipinski definition) is 1. The maximum absolute atomic E-state index is 13.3. The topological polar surface area (TPSA) is 98.5 Å². The highest BCUT2D eigenvalue weighted by molar-refractivity contribution is 7.89. The number of halogens is 1. The second-order valence-corrected chi connectivity index (χ2v) is 5.32. The molecule has 106 valence electrons. The van der Waals surface area contributed by atoms with Crippen molar-refractivity contribution < 1.29 is 22.5 Å². The molecule has 9 heteroatoms. The van der Waals surface area contributed by atoms with Crippen LogP contribution >= 0.6 is 0 Å². The molecular weight excluding hydrogens is 279 g/mol. The standard InChI is InChI=1S/C10H13FN2O5S/c1-18-7-3-6-12-19(16,17)9-5-2-4-8(11)10(9)13(14)15/h2,4-5,12H,3,6-7H2,1H3. The Hall–Kier alpha value is -1.58. The molecule has 1 aromatic rings. The molecule has 0 radical (unpaired) electrons. The zero-order valence-corrected chi connectivity index (χ0v) is 10.9. The first-order valence-electron chi connectivity index (χ1n) is 5.31. The van der Waals surface area contributed by atoms with E-state index in [-0.39, 0.29) is 6.54 Å². The molecule has 0 saturated carbocycles. The molecule has 0 saturated heterocycles. The third-order valence-corrected chi connectivity index (χ3v) is 3.73. The SMILES string of the molecule is COCCCNS(=O)(=O)c1cccc(F)c1[N+](=O)[O-]. The number of nitrogens with zero attached hydrogens (tertiary/aromatic N) is 1. The van der Waals surface area contributed by atoms with Gasteiger partial charge in [0.05, 0.1) is 4.92 Å². The lowest BCUT2D eigenvalue weighted by Gasteiger charge is -2.07. The molecule has 1 N–H and O–H groups in total. The number of ether oxygens (including phenoxy) is 1. The number of nitrogens with one attached hydrogen (secondary N) is 1. The largest absolute Gasteiger partial charge is 0.385 e. The number of benzene rings is 1. The van der Waals surface area contributed by atoms with Crippen LogP contribution in [-0.2, 0) is 14.8 Å². The summed E-state index contributed by atoms with van der Waals surface area (Å²) in [6, 6.07) is 2.92. The van der Waals surface area contributed by atoms with Crippen LogP contribution in [-0.4, -0.2) is 33.6 Å². The minimum Gasteiger partial charge on any atom is -0.385 e. The van der Waals surface area contributed by atoms with Gasteiger partial charge < -0.3 is 4.74 Å². The van der Waals surface area contributed by atoms with Crippen LogP contribution in [0, 0.1) is 15.9 Å². The molecule has 0 bridgehead atoms. The van der Waals surface area contributed by atoms with Crippen molar-refractivity contribution in [2.75, 3.05) is 20.3 Å². The molecule has 1 rings (SSSR count). The highest BCUT2D eigenvalue weighted by Crippen LogP contribution is 2.26. The molecule has 0 aliphatic carbocycles. The van der Waals surface area contributed by atoms with Gasteiger partial charge in [-0.25, -0.2) is 13.1 Å². The van der Waals surface area contributed by atoms with Crippen LogP contribution in [0.3, 0.4) is 0 Å². The van der Waals surface area contributed by atoms with Gasteiger partial charge in [0.1, 0.15) is 0 Å². The summed E-state index contributed by atoms with van der Waals surface area (Å²) in [7, 11) is -2.66. The molecule has 0 fully saturated rings. The van der Waals surface area contributed by atoms with Crippen LogP contribution in [0.25, 0.3) is 0 Å². The van der Waals surface area contributed by atoms with E-state index in [0.29, 0.717) is 13.0 Å².